The van der Waals surface area contributed by atoms with Crippen LogP contribution in [0.25, 0.3) is 11.0 Å². The Morgan fingerprint density at radius 1 is 1.14 bits per heavy atom. The van der Waals surface area contributed by atoms with Gasteiger partial charge in [0.05, 0.1) is 0 Å². The van der Waals surface area contributed by atoms with Crippen molar-refractivity contribution >= 4 is 22.6 Å². The van der Waals surface area contributed by atoms with Crippen molar-refractivity contribution in [2.24, 2.45) is 0 Å². The molecule has 0 aliphatic heterocycles. The third kappa shape index (κ3) is 2.60. The Kier molecular flexibility index (Phi) is 3.36. The Labute approximate surface area is 122 Å². The Balaban J connectivity index is 1.93. The van der Waals surface area contributed by atoms with E-state index in [1.165, 1.54) is 5.56 Å². The van der Waals surface area contributed by atoms with Crippen molar-refractivity contribution in [3.05, 3.63) is 65.4 Å². The van der Waals surface area contributed by atoms with E-state index in [2.05, 4.69) is 5.32 Å². The van der Waals surface area contributed by atoms with Crippen LogP contribution in [0.15, 0.2) is 52.9 Å². The van der Waals surface area contributed by atoms with Crippen molar-refractivity contribution in [2.75, 3.05) is 5.32 Å². The standard InChI is InChI=1S/C17H15NO3/c1-11-6-8-12(9-7-11)18-10-14-13-4-2-3-5-15(13)21-16(14)17(19)20/h2-9,18H,10H2,1H3,(H,19,20). The summed E-state index contributed by atoms with van der Waals surface area (Å²) in [5, 5.41) is 13.3. The van der Waals surface area contributed by atoms with Gasteiger partial charge < -0.3 is 14.8 Å². The lowest BCUT2D eigenvalue weighted by molar-refractivity contribution is 0.0663. The normalized spacial score (nSPS) is 10.7. The quantitative estimate of drug-likeness (QED) is 0.757. The molecule has 0 radical (unpaired) electrons. The smallest absolute Gasteiger partial charge is 0.372 e. The molecule has 0 saturated carbocycles. The van der Waals surface area contributed by atoms with Crippen LogP contribution in [0.3, 0.4) is 0 Å². The molecular formula is C17H15NO3. The van der Waals surface area contributed by atoms with E-state index in [9.17, 15) is 9.90 Å². The van der Waals surface area contributed by atoms with Gasteiger partial charge in [-0.05, 0) is 25.1 Å². The average Bonchev–Trinajstić information content (AvgIpc) is 2.86. The number of fused-ring (bicyclic) bond motifs is 1. The van der Waals surface area contributed by atoms with Crippen LogP contribution in [0.2, 0.25) is 0 Å². The van der Waals surface area contributed by atoms with E-state index >= 15 is 0 Å². The zero-order chi connectivity index (χ0) is 14.8. The van der Waals surface area contributed by atoms with Gasteiger partial charge in [0.15, 0.2) is 0 Å². The lowest BCUT2D eigenvalue weighted by Crippen LogP contribution is -2.05. The highest BCUT2D eigenvalue weighted by Gasteiger charge is 2.19. The summed E-state index contributed by atoms with van der Waals surface area (Å²) < 4.78 is 5.43. The molecule has 0 aliphatic carbocycles. The predicted octanol–water partition coefficient (Wildman–Crippen LogP) is 4.05. The number of aromatic carboxylic acids is 1. The Morgan fingerprint density at radius 3 is 2.57 bits per heavy atom. The summed E-state index contributed by atoms with van der Waals surface area (Å²) in [4.78, 5) is 11.3. The van der Waals surface area contributed by atoms with Crippen molar-refractivity contribution < 1.29 is 14.3 Å². The lowest BCUT2D eigenvalue weighted by Gasteiger charge is -2.06. The van der Waals surface area contributed by atoms with E-state index in [1.54, 1.807) is 6.07 Å². The molecular weight excluding hydrogens is 266 g/mol. The maximum absolute atomic E-state index is 11.3. The monoisotopic (exact) mass is 281 g/mol. The molecule has 3 rings (SSSR count). The number of carboxylic acid groups (broad SMARTS) is 1. The first-order valence-electron chi connectivity index (χ1n) is 6.69. The summed E-state index contributed by atoms with van der Waals surface area (Å²) in [6, 6.07) is 15.3. The van der Waals surface area contributed by atoms with Gasteiger partial charge in [-0.2, -0.15) is 0 Å². The van der Waals surface area contributed by atoms with E-state index in [4.69, 9.17) is 4.42 Å². The molecule has 1 aromatic heterocycles. The highest BCUT2D eigenvalue weighted by Crippen LogP contribution is 2.26. The second-order valence-electron chi connectivity index (χ2n) is 4.93. The van der Waals surface area contributed by atoms with Crippen molar-refractivity contribution in [3.8, 4) is 0 Å². The molecule has 2 N–H and O–H groups in total. The Morgan fingerprint density at radius 2 is 1.86 bits per heavy atom. The minimum atomic E-state index is -1.05. The van der Waals surface area contributed by atoms with Gasteiger partial charge in [-0.25, -0.2) is 4.79 Å². The van der Waals surface area contributed by atoms with Crippen LogP contribution >= 0.6 is 0 Å². The second-order valence-corrected chi connectivity index (χ2v) is 4.93. The van der Waals surface area contributed by atoms with E-state index < -0.39 is 5.97 Å². The number of para-hydroxylation sites is 1. The second kappa shape index (κ2) is 5.32. The lowest BCUT2D eigenvalue weighted by atomic mass is 10.1. The number of hydrogen-bond acceptors (Lipinski definition) is 3. The van der Waals surface area contributed by atoms with Gasteiger partial charge in [0.25, 0.3) is 0 Å². The number of aryl methyl sites for hydroxylation is 1. The Hall–Kier alpha value is -2.75. The van der Waals surface area contributed by atoms with Gasteiger partial charge in [0.1, 0.15) is 5.58 Å². The van der Waals surface area contributed by atoms with E-state index in [0.717, 1.165) is 11.1 Å². The summed E-state index contributed by atoms with van der Waals surface area (Å²) in [5.74, 6) is -1.05. The number of rotatable bonds is 4. The van der Waals surface area contributed by atoms with E-state index in [-0.39, 0.29) is 5.76 Å². The van der Waals surface area contributed by atoms with Crippen LogP contribution in [0.1, 0.15) is 21.7 Å². The molecule has 106 valence electrons. The van der Waals surface area contributed by atoms with Crippen LogP contribution in [0.5, 0.6) is 0 Å². The fourth-order valence-corrected chi connectivity index (χ4v) is 2.31. The number of nitrogens with one attached hydrogen (secondary N) is 1. The molecule has 4 heteroatoms. The van der Waals surface area contributed by atoms with Gasteiger partial charge in [-0.3, -0.25) is 0 Å². The van der Waals surface area contributed by atoms with Crippen LogP contribution in [0, 0.1) is 6.92 Å². The van der Waals surface area contributed by atoms with E-state index in [0.29, 0.717) is 17.7 Å². The molecule has 4 nitrogen and oxygen atoms in total. The molecule has 0 amide bonds. The largest absolute Gasteiger partial charge is 0.475 e. The number of carboxylic acids is 1. The summed E-state index contributed by atoms with van der Waals surface area (Å²) in [6.45, 7) is 2.43. The topological polar surface area (TPSA) is 62.5 Å². The molecule has 3 aromatic rings. The minimum absolute atomic E-state index is 0.00388. The van der Waals surface area contributed by atoms with Gasteiger partial charge in [0, 0.05) is 23.2 Å². The molecule has 0 spiro atoms. The van der Waals surface area contributed by atoms with Gasteiger partial charge in [-0.1, -0.05) is 35.9 Å². The zero-order valence-corrected chi connectivity index (χ0v) is 11.6. The predicted molar refractivity (Wildman–Crippen MR) is 81.7 cm³/mol. The first-order valence-corrected chi connectivity index (χ1v) is 6.69. The fraction of sp³-hybridized carbons (Fsp3) is 0.118. The van der Waals surface area contributed by atoms with Gasteiger partial charge >= 0.3 is 5.97 Å². The number of anilines is 1. The number of furan rings is 1. The SMILES string of the molecule is Cc1ccc(NCc2c(C(=O)O)oc3ccccc23)cc1. The highest BCUT2D eigenvalue weighted by molar-refractivity contribution is 5.95. The third-order valence-electron chi connectivity index (χ3n) is 3.41. The molecule has 0 aliphatic rings. The zero-order valence-electron chi connectivity index (χ0n) is 11.6. The van der Waals surface area contributed by atoms with Crippen molar-refractivity contribution in [2.45, 2.75) is 13.5 Å². The number of benzene rings is 2. The molecule has 0 atom stereocenters. The molecule has 0 unspecified atom stereocenters. The molecule has 0 saturated heterocycles. The molecule has 2 aromatic carbocycles. The maximum Gasteiger partial charge on any atom is 0.372 e. The molecule has 1 heterocycles. The fourth-order valence-electron chi connectivity index (χ4n) is 2.31. The summed E-state index contributed by atoms with van der Waals surface area (Å²) in [6.07, 6.45) is 0. The van der Waals surface area contributed by atoms with Gasteiger partial charge in [0.2, 0.25) is 5.76 Å². The molecule has 0 bridgehead atoms. The summed E-state index contributed by atoms with van der Waals surface area (Å²) in [5.41, 5.74) is 3.39. The van der Waals surface area contributed by atoms with Crippen molar-refractivity contribution in [3.63, 3.8) is 0 Å². The molecule has 21 heavy (non-hydrogen) atoms. The number of hydrogen-bond donors (Lipinski definition) is 2. The van der Waals surface area contributed by atoms with Crippen LogP contribution in [-0.2, 0) is 6.54 Å². The molecule has 0 fully saturated rings. The van der Waals surface area contributed by atoms with Crippen LogP contribution in [-0.4, -0.2) is 11.1 Å². The van der Waals surface area contributed by atoms with Crippen molar-refractivity contribution in [1.82, 2.24) is 0 Å². The minimum Gasteiger partial charge on any atom is -0.475 e. The van der Waals surface area contributed by atoms with Crippen molar-refractivity contribution in [1.29, 1.82) is 0 Å². The van der Waals surface area contributed by atoms with Crippen LogP contribution in [0.4, 0.5) is 5.69 Å². The average molecular weight is 281 g/mol. The third-order valence-corrected chi connectivity index (χ3v) is 3.41. The highest BCUT2D eigenvalue weighted by atomic mass is 16.4. The van der Waals surface area contributed by atoms with Crippen LogP contribution < -0.4 is 5.32 Å². The summed E-state index contributed by atoms with van der Waals surface area (Å²) in [7, 11) is 0. The summed E-state index contributed by atoms with van der Waals surface area (Å²) >= 11 is 0. The first kappa shape index (κ1) is 13.2. The van der Waals surface area contributed by atoms with E-state index in [1.807, 2.05) is 49.4 Å². The first-order chi connectivity index (χ1) is 10.1. The maximum atomic E-state index is 11.3. The number of carbonyl (C=O) groups is 1. The Bertz CT molecular complexity index is 787. The van der Waals surface area contributed by atoms with Gasteiger partial charge in [-0.15, -0.1) is 0 Å².